The monoisotopic (exact) mass is 383 g/mol. The molecule has 1 aliphatic heterocycles. The summed E-state index contributed by atoms with van der Waals surface area (Å²) in [4.78, 5) is 15.6. The van der Waals surface area contributed by atoms with E-state index in [0.29, 0.717) is 36.9 Å². The Kier molecular flexibility index (Phi) is 5.27. The van der Waals surface area contributed by atoms with Gasteiger partial charge in [-0.15, -0.1) is 0 Å². The summed E-state index contributed by atoms with van der Waals surface area (Å²) in [6.45, 7) is 1.32. The van der Waals surface area contributed by atoms with Crippen LogP contribution in [0.3, 0.4) is 0 Å². The predicted octanol–water partition coefficient (Wildman–Crippen LogP) is 4.71. The smallest absolute Gasteiger partial charge is 0.367 e. The van der Waals surface area contributed by atoms with Crippen LogP contribution < -0.4 is 10.2 Å². The summed E-state index contributed by atoms with van der Waals surface area (Å²) in [6, 6.07) is 12.0. The topological polar surface area (TPSA) is 35.6 Å². The highest BCUT2D eigenvalue weighted by atomic mass is 35.5. The van der Waals surface area contributed by atoms with E-state index in [2.05, 4.69) is 5.32 Å². The molecule has 8 heteroatoms. The molecule has 0 atom stereocenters. The third kappa shape index (κ3) is 4.22. The van der Waals surface area contributed by atoms with Crippen LogP contribution in [0.15, 0.2) is 48.5 Å². The molecular formula is C18H17ClF3N3O. The number of carbonyl (C=O) groups is 1. The number of nitrogens with one attached hydrogen (secondary N) is 1. The zero-order valence-corrected chi connectivity index (χ0v) is 14.5. The number of para-hydroxylation sites is 1. The van der Waals surface area contributed by atoms with Crippen LogP contribution in [-0.4, -0.2) is 37.1 Å². The molecule has 0 aliphatic carbocycles. The number of piperazine rings is 1. The summed E-state index contributed by atoms with van der Waals surface area (Å²) < 4.78 is 39.5. The van der Waals surface area contributed by atoms with Crippen LogP contribution in [0.4, 0.5) is 29.3 Å². The highest BCUT2D eigenvalue weighted by Crippen LogP contribution is 2.36. The minimum atomic E-state index is -4.41. The summed E-state index contributed by atoms with van der Waals surface area (Å²) in [7, 11) is 0. The number of hydrogen-bond acceptors (Lipinski definition) is 2. The number of halogens is 4. The van der Waals surface area contributed by atoms with Gasteiger partial charge in [0.05, 0.1) is 5.56 Å². The van der Waals surface area contributed by atoms with Gasteiger partial charge in [0.25, 0.3) is 0 Å². The summed E-state index contributed by atoms with van der Waals surface area (Å²) in [5.74, 6) is 0. The lowest BCUT2D eigenvalue weighted by Crippen LogP contribution is -2.50. The van der Waals surface area contributed by atoms with Crippen LogP contribution in [0.5, 0.6) is 0 Å². The van der Waals surface area contributed by atoms with E-state index >= 15 is 0 Å². The quantitative estimate of drug-likeness (QED) is 0.815. The normalized spacial score (nSPS) is 15.1. The lowest BCUT2D eigenvalue weighted by molar-refractivity contribution is -0.137. The van der Waals surface area contributed by atoms with E-state index in [-0.39, 0.29) is 11.7 Å². The Labute approximate surface area is 154 Å². The van der Waals surface area contributed by atoms with Gasteiger partial charge < -0.3 is 15.1 Å². The van der Waals surface area contributed by atoms with Gasteiger partial charge in [-0.05, 0) is 30.3 Å². The van der Waals surface area contributed by atoms with E-state index in [1.807, 2.05) is 0 Å². The Morgan fingerprint density at radius 3 is 2.35 bits per heavy atom. The fraction of sp³-hybridized carbons (Fsp3) is 0.278. The van der Waals surface area contributed by atoms with Crippen molar-refractivity contribution in [3.05, 3.63) is 59.1 Å². The minimum absolute atomic E-state index is 0.148. The van der Waals surface area contributed by atoms with Crippen molar-refractivity contribution in [3.8, 4) is 0 Å². The maximum Gasteiger partial charge on any atom is 0.418 e. The number of benzene rings is 2. The molecule has 1 N–H and O–H groups in total. The minimum Gasteiger partial charge on any atom is -0.367 e. The van der Waals surface area contributed by atoms with Crippen molar-refractivity contribution >= 4 is 29.0 Å². The molecule has 3 rings (SSSR count). The first-order valence-corrected chi connectivity index (χ1v) is 8.45. The lowest BCUT2D eigenvalue weighted by Gasteiger charge is -2.37. The molecule has 0 aromatic heterocycles. The van der Waals surface area contributed by atoms with Crippen LogP contribution in [0.2, 0.25) is 5.02 Å². The second-order valence-corrected chi connectivity index (χ2v) is 6.37. The van der Waals surface area contributed by atoms with Crippen molar-refractivity contribution in [3.63, 3.8) is 0 Å². The van der Waals surface area contributed by atoms with Crippen LogP contribution in [-0.2, 0) is 6.18 Å². The summed E-state index contributed by atoms with van der Waals surface area (Å²) >= 11 is 5.89. The standard InChI is InChI=1S/C18H17ClF3N3O/c19-13-4-3-5-14(12-13)23-17(26)25-10-8-24(9-11-25)16-7-2-1-6-15(16)18(20,21)22/h1-7,12H,8-11H2,(H,23,26). The van der Waals surface area contributed by atoms with Gasteiger partial charge in [-0.25, -0.2) is 4.79 Å². The van der Waals surface area contributed by atoms with Gasteiger partial charge in [-0.3, -0.25) is 0 Å². The largest absolute Gasteiger partial charge is 0.418 e. The summed E-state index contributed by atoms with van der Waals surface area (Å²) in [6.07, 6.45) is -4.41. The van der Waals surface area contributed by atoms with Crippen molar-refractivity contribution in [1.29, 1.82) is 0 Å². The number of anilines is 2. The third-order valence-electron chi connectivity index (χ3n) is 4.19. The molecule has 4 nitrogen and oxygen atoms in total. The second-order valence-electron chi connectivity index (χ2n) is 5.93. The van der Waals surface area contributed by atoms with Gasteiger partial charge in [0, 0.05) is 42.6 Å². The van der Waals surface area contributed by atoms with Crippen LogP contribution in [0.25, 0.3) is 0 Å². The zero-order chi connectivity index (χ0) is 18.7. The molecular weight excluding hydrogens is 367 g/mol. The number of urea groups is 1. The van der Waals surface area contributed by atoms with Gasteiger partial charge in [-0.1, -0.05) is 29.8 Å². The molecule has 0 bridgehead atoms. The predicted molar refractivity (Wildman–Crippen MR) is 95.7 cm³/mol. The van der Waals surface area contributed by atoms with E-state index < -0.39 is 11.7 Å². The Balaban J connectivity index is 1.64. The number of nitrogens with zero attached hydrogens (tertiary/aromatic N) is 2. The van der Waals surface area contributed by atoms with Gasteiger partial charge >= 0.3 is 12.2 Å². The molecule has 2 aromatic rings. The second kappa shape index (κ2) is 7.45. The molecule has 0 saturated carbocycles. The van der Waals surface area contributed by atoms with Crippen molar-refractivity contribution in [2.75, 3.05) is 36.4 Å². The Hall–Kier alpha value is -2.41. The molecule has 1 fully saturated rings. The van der Waals surface area contributed by atoms with Crippen molar-refractivity contribution in [1.82, 2.24) is 4.90 Å². The van der Waals surface area contributed by atoms with Gasteiger partial charge in [0.1, 0.15) is 0 Å². The number of alkyl halides is 3. The van der Waals surface area contributed by atoms with E-state index in [9.17, 15) is 18.0 Å². The van der Waals surface area contributed by atoms with Gasteiger partial charge in [0.15, 0.2) is 0 Å². The number of carbonyl (C=O) groups excluding carboxylic acids is 1. The van der Waals surface area contributed by atoms with E-state index in [1.165, 1.54) is 12.1 Å². The molecule has 26 heavy (non-hydrogen) atoms. The molecule has 0 radical (unpaired) electrons. The summed E-state index contributed by atoms with van der Waals surface area (Å²) in [5.41, 5.74) is 0.0686. The van der Waals surface area contributed by atoms with Gasteiger partial charge in [0.2, 0.25) is 0 Å². The molecule has 1 heterocycles. The van der Waals surface area contributed by atoms with E-state index in [4.69, 9.17) is 11.6 Å². The van der Waals surface area contributed by atoms with Crippen molar-refractivity contribution < 1.29 is 18.0 Å². The highest BCUT2D eigenvalue weighted by molar-refractivity contribution is 6.30. The third-order valence-corrected chi connectivity index (χ3v) is 4.43. The van der Waals surface area contributed by atoms with E-state index in [1.54, 1.807) is 40.1 Å². The number of hydrogen-bond donors (Lipinski definition) is 1. The summed E-state index contributed by atoms with van der Waals surface area (Å²) in [5, 5.41) is 3.26. The number of amides is 2. The van der Waals surface area contributed by atoms with E-state index in [0.717, 1.165) is 6.07 Å². The average molecular weight is 384 g/mol. The Bertz CT molecular complexity index is 789. The van der Waals surface area contributed by atoms with Crippen LogP contribution in [0.1, 0.15) is 5.56 Å². The molecule has 2 amide bonds. The first kappa shape index (κ1) is 18.4. The maximum absolute atomic E-state index is 13.2. The first-order chi connectivity index (χ1) is 12.3. The fourth-order valence-corrected chi connectivity index (χ4v) is 3.10. The highest BCUT2D eigenvalue weighted by Gasteiger charge is 2.35. The van der Waals surface area contributed by atoms with Gasteiger partial charge in [-0.2, -0.15) is 13.2 Å². The Morgan fingerprint density at radius 2 is 1.69 bits per heavy atom. The molecule has 1 aliphatic rings. The fourth-order valence-electron chi connectivity index (χ4n) is 2.91. The van der Waals surface area contributed by atoms with Crippen LogP contribution >= 0.6 is 11.6 Å². The number of rotatable bonds is 2. The lowest BCUT2D eigenvalue weighted by atomic mass is 10.1. The maximum atomic E-state index is 13.2. The van der Waals surface area contributed by atoms with Crippen molar-refractivity contribution in [2.24, 2.45) is 0 Å². The molecule has 2 aromatic carbocycles. The van der Waals surface area contributed by atoms with Crippen LogP contribution in [0, 0.1) is 0 Å². The average Bonchev–Trinajstić information content (AvgIpc) is 2.61. The molecule has 0 unspecified atom stereocenters. The first-order valence-electron chi connectivity index (χ1n) is 8.07. The van der Waals surface area contributed by atoms with Crippen molar-refractivity contribution in [2.45, 2.75) is 6.18 Å². The zero-order valence-electron chi connectivity index (χ0n) is 13.8. The molecule has 1 saturated heterocycles. The molecule has 138 valence electrons. The molecule has 0 spiro atoms. The Morgan fingerprint density at radius 1 is 1.00 bits per heavy atom. The SMILES string of the molecule is O=C(Nc1cccc(Cl)c1)N1CCN(c2ccccc2C(F)(F)F)CC1.